The summed E-state index contributed by atoms with van der Waals surface area (Å²) in [6, 6.07) is 16.7. The summed E-state index contributed by atoms with van der Waals surface area (Å²) in [4.78, 5) is 62.3. The van der Waals surface area contributed by atoms with Crippen molar-refractivity contribution in [2.24, 2.45) is 12.0 Å². The molecule has 0 radical (unpaired) electrons. The lowest BCUT2D eigenvalue weighted by atomic mass is 10.1. The van der Waals surface area contributed by atoms with E-state index in [-0.39, 0.29) is 28.1 Å². The number of hydrogen-bond acceptors (Lipinski definition) is 5. The number of carbonyl (C=O) groups is 4. The number of Topliss-reactive ketones (excluding diaryl/α,β-unsaturated/α-hetero) is 2. The average molecular weight is 518 g/mol. The Morgan fingerprint density at radius 3 is 2.03 bits per heavy atom. The molecule has 0 bridgehead atoms. The molecule has 5 rings (SSSR count). The monoisotopic (exact) mass is 517 g/mol. The summed E-state index contributed by atoms with van der Waals surface area (Å²) in [5, 5.41) is 0. The van der Waals surface area contributed by atoms with Gasteiger partial charge in [0, 0.05) is 30.5 Å². The van der Waals surface area contributed by atoms with Crippen LogP contribution >= 0.6 is 0 Å². The van der Waals surface area contributed by atoms with Crippen molar-refractivity contribution in [3.63, 3.8) is 0 Å². The third-order valence-electron chi connectivity index (χ3n) is 6.46. The van der Waals surface area contributed by atoms with Crippen LogP contribution in [0.15, 0.2) is 113 Å². The number of amides is 2. The SMILES string of the molecule is C/C=C\C=C(/C=NC)C(=O)N1/C(=C2\C(=O)c3ccccc3N2C(=O)c2ccc[n+](C)c2)C(=O)c2ccccc21. The molecule has 2 amide bonds. The number of fused-ring (bicyclic) bond motifs is 2. The van der Waals surface area contributed by atoms with Gasteiger partial charge in [0.1, 0.15) is 24.0 Å². The van der Waals surface area contributed by atoms with E-state index in [2.05, 4.69) is 4.99 Å². The molecule has 8 nitrogen and oxygen atoms in total. The standard InChI is InChI=1S/C31H25N4O4/c1-4-5-11-20(18-32-2)30(38)34-24-15-8-6-13-22(24)28(36)26(34)27-29(37)23-14-7-9-16-25(23)35(27)31(39)21-12-10-17-33(3)19-21/h4-19H,1-3H3/q+1/b5-4-,20-11+,27-26+,32-18?. The minimum Gasteiger partial charge on any atom is -0.296 e. The molecule has 8 heteroatoms. The number of nitrogens with zero attached hydrogens (tertiary/aromatic N) is 4. The molecular weight excluding hydrogens is 492 g/mol. The Labute approximate surface area is 225 Å². The third-order valence-corrected chi connectivity index (χ3v) is 6.46. The minimum absolute atomic E-state index is 0.166. The van der Waals surface area contributed by atoms with Crippen molar-refractivity contribution >= 4 is 41.0 Å². The first-order chi connectivity index (χ1) is 18.9. The molecule has 1 aromatic heterocycles. The zero-order valence-corrected chi connectivity index (χ0v) is 21.7. The van der Waals surface area contributed by atoms with Crippen LogP contribution in [0.4, 0.5) is 11.4 Å². The summed E-state index contributed by atoms with van der Waals surface area (Å²) in [6.45, 7) is 1.81. The van der Waals surface area contributed by atoms with Crippen molar-refractivity contribution in [2.75, 3.05) is 16.8 Å². The number of carbonyl (C=O) groups excluding carboxylic acids is 4. The summed E-state index contributed by atoms with van der Waals surface area (Å²) in [6.07, 6.45) is 9.85. The molecule has 3 aromatic rings. The smallest absolute Gasteiger partial charge is 0.269 e. The van der Waals surface area contributed by atoms with Crippen molar-refractivity contribution in [1.29, 1.82) is 0 Å². The second-order valence-corrected chi connectivity index (χ2v) is 8.96. The highest BCUT2D eigenvalue weighted by atomic mass is 16.2. The van der Waals surface area contributed by atoms with Gasteiger partial charge in [0.2, 0.25) is 11.6 Å². The maximum atomic E-state index is 14.0. The van der Waals surface area contributed by atoms with Crippen molar-refractivity contribution in [2.45, 2.75) is 6.92 Å². The van der Waals surface area contributed by atoms with E-state index in [0.717, 1.165) is 0 Å². The number of rotatable bonds is 4. The molecule has 2 aliphatic heterocycles. The Hall–Kier alpha value is -5.24. The lowest BCUT2D eigenvalue weighted by molar-refractivity contribution is -0.671. The zero-order chi connectivity index (χ0) is 27.7. The van der Waals surface area contributed by atoms with E-state index in [4.69, 9.17) is 0 Å². The predicted octanol–water partition coefficient (Wildman–Crippen LogP) is 4.00. The quantitative estimate of drug-likeness (QED) is 0.226. The number of anilines is 2. The van der Waals surface area contributed by atoms with Crippen LogP contribution in [0.3, 0.4) is 0 Å². The Bertz CT molecular complexity index is 1680. The molecule has 0 N–H and O–H groups in total. The van der Waals surface area contributed by atoms with Gasteiger partial charge in [-0.3, -0.25) is 34.0 Å². The van der Waals surface area contributed by atoms with Gasteiger partial charge in [-0.15, -0.1) is 0 Å². The summed E-state index contributed by atoms with van der Waals surface area (Å²) >= 11 is 0. The second-order valence-electron chi connectivity index (χ2n) is 8.96. The van der Waals surface area contributed by atoms with Gasteiger partial charge in [0.15, 0.2) is 12.4 Å². The number of ketones is 2. The van der Waals surface area contributed by atoms with Crippen LogP contribution in [0, 0.1) is 0 Å². The van der Waals surface area contributed by atoms with Crippen LogP contribution in [0.5, 0.6) is 0 Å². The van der Waals surface area contributed by atoms with E-state index in [1.807, 2.05) is 6.92 Å². The van der Waals surface area contributed by atoms with Crippen molar-refractivity contribution < 1.29 is 23.7 Å². The maximum Gasteiger partial charge on any atom is 0.269 e. The van der Waals surface area contributed by atoms with Gasteiger partial charge in [-0.2, -0.15) is 0 Å². The highest BCUT2D eigenvalue weighted by molar-refractivity contribution is 6.37. The fraction of sp³-hybridized carbons (Fsp3) is 0.0968. The Kier molecular flexibility index (Phi) is 6.68. The molecule has 39 heavy (non-hydrogen) atoms. The van der Waals surface area contributed by atoms with Gasteiger partial charge in [0.05, 0.1) is 16.9 Å². The number of aromatic nitrogens is 1. The van der Waals surface area contributed by atoms with Gasteiger partial charge in [0.25, 0.3) is 11.8 Å². The molecular formula is C31H25N4O4+. The molecule has 0 spiro atoms. The number of hydrogen-bond donors (Lipinski definition) is 0. The van der Waals surface area contributed by atoms with Crippen molar-refractivity contribution in [1.82, 2.24) is 0 Å². The van der Waals surface area contributed by atoms with E-state index in [1.165, 1.54) is 23.1 Å². The summed E-state index contributed by atoms with van der Waals surface area (Å²) < 4.78 is 1.72. The first-order valence-corrected chi connectivity index (χ1v) is 12.3. The van der Waals surface area contributed by atoms with Crippen LogP contribution in [-0.2, 0) is 11.8 Å². The van der Waals surface area contributed by atoms with Gasteiger partial charge in [-0.05, 0) is 43.3 Å². The molecule has 0 saturated carbocycles. The maximum absolute atomic E-state index is 14.0. The highest BCUT2D eigenvalue weighted by Crippen LogP contribution is 2.43. The molecule has 192 valence electrons. The topological polar surface area (TPSA) is 91.0 Å². The van der Waals surface area contributed by atoms with E-state index >= 15 is 0 Å². The lowest BCUT2D eigenvalue weighted by Gasteiger charge is -2.24. The number of benzene rings is 2. The van der Waals surface area contributed by atoms with Gasteiger partial charge in [-0.25, -0.2) is 4.57 Å². The first-order valence-electron chi connectivity index (χ1n) is 12.3. The largest absolute Gasteiger partial charge is 0.296 e. The fourth-order valence-corrected chi connectivity index (χ4v) is 4.75. The third kappa shape index (κ3) is 4.21. The molecule has 0 unspecified atom stereocenters. The predicted molar refractivity (Wildman–Crippen MR) is 148 cm³/mol. The average Bonchev–Trinajstić information content (AvgIpc) is 3.40. The number of para-hydroxylation sites is 2. The lowest BCUT2D eigenvalue weighted by Crippen LogP contribution is -2.38. The van der Waals surface area contributed by atoms with Crippen LogP contribution in [0.1, 0.15) is 38.0 Å². The van der Waals surface area contributed by atoms with Crippen molar-refractivity contribution in [3.8, 4) is 0 Å². The zero-order valence-electron chi connectivity index (χ0n) is 21.7. The molecule has 0 fully saturated rings. The number of allylic oxidation sites excluding steroid dienone is 5. The highest BCUT2D eigenvalue weighted by Gasteiger charge is 2.47. The molecule has 2 aliphatic rings. The van der Waals surface area contributed by atoms with Crippen LogP contribution in [0.2, 0.25) is 0 Å². The number of aryl methyl sites for hydroxylation is 1. The van der Waals surface area contributed by atoms with Gasteiger partial charge < -0.3 is 0 Å². The van der Waals surface area contributed by atoms with E-state index in [1.54, 1.807) is 103 Å². The molecule has 0 atom stereocenters. The fourth-order valence-electron chi connectivity index (χ4n) is 4.75. The minimum atomic E-state index is -0.554. The second kappa shape index (κ2) is 10.3. The van der Waals surface area contributed by atoms with Crippen LogP contribution in [-0.4, -0.2) is 36.6 Å². The summed E-state index contributed by atoms with van der Waals surface area (Å²) in [5.41, 5.74) is 1.38. The molecule has 3 heterocycles. The first kappa shape index (κ1) is 25.4. The summed E-state index contributed by atoms with van der Waals surface area (Å²) in [7, 11) is 3.32. The van der Waals surface area contributed by atoms with E-state index < -0.39 is 23.4 Å². The van der Waals surface area contributed by atoms with Gasteiger partial charge >= 0.3 is 0 Å². The molecule has 0 saturated heterocycles. The Morgan fingerprint density at radius 1 is 0.846 bits per heavy atom. The molecule has 0 aliphatic carbocycles. The number of pyridine rings is 1. The van der Waals surface area contributed by atoms with E-state index in [9.17, 15) is 19.2 Å². The summed E-state index contributed by atoms with van der Waals surface area (Å²) in [5.74, 6) is -2.09. The molecule has 2 aromatic carbocycles. The van der Waals surface area contributed by atoms with E-state index in [0.29, 0.717) is 16.9 Å². The number of aliphatic imine (C=N–C) groups is 1. The van der Waals surface area contributed by atoms with Crippen LogP contribution < -0.4 is 14.4 Å². The van der Waals surface area contributed by atoms with Gasteiger partial charge in [-0.1, -0.05) is 36.4 Å². The van der Waals surface area contributed by atoms with Crippen molar-refractivity contribution in [3.05, 3.63) is 125 Å². The van der Waals surface area contributed by atoms with Crippen LogP contribution in [0.25, 0.3) is 0 Å². The Morgan fingerprint density at radius 2 is 1.44 bits per heavy atom. The Balaban J connectivity index is 1.80. The normalized spacial score (nSPS) is 16.9.